The molecule has 0 aliphatic carbocycles. The third-order valence-corrected chi connectivity index (χ3v) is 4.75. The van der Waals surface area contributed by atoms with E-state index in [0.29, 0.717) is 22.6 Å². The molecule has 7 nitrogen and oxygen atoms in total. The normalized spacial score (nSPS) is 10.9. The van der Waals surface area contributed by atoms with Crippen molar-refractivity contribution in [3.05, 3.63) is 81.9 Å². The topological polar surface area (TPSA) is 90.0 Å². The van der Waals surface area contributed by atoms with Crippen LogP contribution in [0.15, 0.2) is 70.2 Å². The fraction of sp³-hybridized carbons (Fsp3) is 0.143. The summed E-state index contributed by atoms with van der Waals surface area (Å²) >= 11 is 5.85. The van der Waals surface area contributed by atoms with E-state index >= 15 is 0 Å². The van der Waals surface area contributed by atoms with Crippen molar-refractivity contribution < 1.29 is 9.32 Å². The Morgan fingerprint density at radius 2 is 1.86 bits per heavy atom. The van der Waals surface area contributed by atoms with Crippen LogP contribution in [0.1, 0.15) is 12.0 Å². The van der Waals surface area contributed by atoms with Crippen molar-refractivity contribution in [1.29, 1.82) is 0 Å². The van der Waals surface area contributed by atoms with Gasteiger partial charge in [-0.25, -0.2) is 4.98 Å². The molecule has 0 atom stereocenters. The van der Waals surface area contributed by atoms with Crippen molar-refractivity contribution in [3.8, 4) is 11.3 Å². The maximum atomic E-state index is 12.9. The molecule has 0 unspecified atom stereocenters. The largest absolute Gasteiger partial charge is 0.352 e. The molecule has 29 heavy (non-hydrogen) atoms. The number of aryl methyl sites for hydroxylation is 1. The van der Waals surface area contributed by atoms with Gasteiger partial charge in [-0.15, -0.1) is 0 Å². The van der Waals surface area contributed by atoms with Crippen LogP contribution in [0.25, 0.3) is 22.4 Å². The lowest BCUT2D eigenvalue weighted by atomic mass is 10.1. The minimum absolute atomic E-state index is 0.145. The highest BCUT2D eigenvalue weighted by molar-refractivity contribution is 6.30. The monoisotopic (exact) mass is 408 g/mol. The fourth-order valence-corrected chi connectivity index (χ4v) is 3.07. The maximum absolute atomic E-state index is 12.9. The number of halogens is 1. The number of nitrogens with one attached hydrogen (secondary N) is 1. The van der Waals surface area contributed by atoms with Crippen LogP contribution < -0.4 is 10.9 Å². The van der Waals surface area contributed by atoms with Crippen molar-refractivity contribution in [2.24, 2.45) is 0 Å². The molecular formula is C21H17ClN4O3. The molecule has 0 aliphatic rings. The Morgan fingerprint density at radius 1 is 1.10 bits per heavy atom. The Balaban J connectivity index is 1.47. The van der Waals surface area contributed by atoms with Crippen LogP contribution in [-0.4, -0.2) is 20.6 Å². The van der Waals surface area contributed by atoms with E-state index < -0.39 is 0 Å². The average molecular weight is 409 g/mol. The van der Waals surface area contributed by atoms with Gasteiger partial charge in [0.2, 0.25) is 5.91 Å². The number of rotatable bonds is 6. The summed E-state index contributed by atoms with van der Waals surface area (Å²) in [5.41, 5.74) is 2.04. The van der Waals surface area contributed by atoms with Gasteiger partial charge in [-0.2, -0.15) is 0 Å². The van der Waals surface area contributed by atoms with Crippen LogP contribution in [0.3, 0.4) is 0 Å². The molecule has 0 spiro atoms. The van der Waals surface area contributed by atoms with Gasteiger partial charge in [-0.05, 0) is 17.7 Å². The highest BCUT2D eigenvalue weighted by Gasteiger charge is 2.17. The molecule has 1 amide bonds. The van der Waals surface area contributed by atoms with Crippen molar-refractivity contribution in [2.75, 3.05) is 0 Å². The summed E-state index contributed by atoms with van der Waals surface area (Å²) in [7, 11) is 0. The van der Waals surface area contributed by atoms with Gasteiger partial charge in [0.1, 0.15) is 17.4 Å². The van der Waals surface area contributed by atoms with Gasteiger partial charge in [0.05, 0.1) is 0 Å². The molecule has 0 radical (unpaired) electrons. The summed E-state index contributed by atoms with van der Waals surface area (Å²) in [4.78, 5) is 29.2. The summed E-state index contributed by atoms with van der Waals surface area (Å²) in [5.74, 6) is -0.166. The second kappa shape index (κ2) is 8.28. The van der Waals surface area contributed by atoms with Crippen LogP contribution in [0, 0.1) is 0 Å². The number of nitrogens with zero attached hydrogens (tertiary/aromatic N) is 3. The third-order valence-electron chi connectivity index (χ3n) is 4.49. The lowest BCUT2D eigenvalue weighted by Gasteiger charge is -2.07. The number of hydrogen-bond donors (Lipinski definition) is 1. The lowest BCUT2D eigenvalue weighted by Crippen LogP contribution is -2.27. The predicted molar refractivity (Wildman–Crippen MR) is 109 cm³/mol. The Morgan fingerprint density at radius 3 is 2.62 bits per heavy atom. The van der Waals surface area contributed by atoms with Gasteiger partial charge in [0.25, 0.3) is 11.3 Å². The van der Waals surface area contributed by atoms with Crippen LogP contribution >= 0.6 is 11.6 Å². The van der Waals surface area contributed by atoms with Crippen molar-refractivity contribution >= 4 is 28.6 Å². The molecule has 2 aromatic carbocycles. The van der Waals surface area contributed by atoms with Crippen molar-refractivity contribution in [1.82, 2.24) is 20.0 Å². The molecule has 0 bridgehead atoms. The highest BCUT2D eigenvalue weighted by Crippen LogP contribution is 2.23. The molecule has 0 fully saturated rings. The molecule has 0 saturated heterocycles. The molecular weight excluding hydrogens is 392 g/mol. The van der Waals surface area contributed by atoms with E-state index in [9.17, 15) is 9.59 Å². The number of benzene rings is 2. The first-order chi connectivity index (χ1) is 14.1. The van der Waals surface area contributed by atoms with E-state index in [1.807, 2.05) is 42.5 Å². The molecule has 1 N–H and O–H groups in total. The SMILES string of the molecule is O=C(CCn1cnc2onc(-c3ccccc3)c2c1=O)NCc1ccc(Cl)cc1. The second-order valence-corrected chi connectivity index (χ2v) is 6.91. The van der Waals surface area contributed by atoms with E-state index in [1.54, 1.807) is 12.1 Å². The standard InChI is InChI=1S/C21H17ClN4O3/c22-16-8-6-14(7-9-16)12-23-17(27)10-11-26-13-24-20-18(21(26)28)19(25-29-20)15-4-2-1-3-5-15/h1-9,13H,10-12H2,(H,23,27). The number of fused-ring (bicyclic) bond motifs is 1. The average Bonchev–Trinajstić information content (AvgIpc) is 3.18. The lowest BCUT2D eigenvalue weighted by molar-refractivity contribution is -0.121. The molecule has 146 valence electrons. The first-order valence-electron chi connectivity index (χ1n) is 9.03. The molecule has 2 aromatic heterocycles. The van der Waals surface area contributed by atoms with Gasteiger partial charge in [-0.3, -0.25) is 14.2 Å². The maximum Gasteiger partial charge on any atom is 0.266 e. The minimum Gasteiger partial charge on any atom is -0.352 e. The zero-order chi connectivity index (χ0) is 20.2. The first kappa shape index (κ1) is 18.9. The summed E-state index contributed by atoms with van der Waals surface area (Å²) < 4.78 is 6.59. The highest BCUT2D eigenvalue weighted by atomic mass is 35.5. The summed E-state index contributed by atoms with van der Waals surface area (Å²) in [5, 5.41) is 7.77. The fourth-order valence-electron chi connectivity index (χ4n) is 2.95. The number of aromatic nitrogens is 3. The molecule has 8 heteroatoms. The summed E-state index contributed by atoms with van der Waals surface area (Å²) in [6, 6.07) is 16.5. The summed E-state index contributed by atoms with van der Waals surface area (Å²) in [6.45, 7) is 0.597. The Labute approximate surface area is 170 Å². The van der Waals surface area contributed by atoms with E-state index in [2.05, 4.69) is 15.5 Å². The molecule has 0 saturated carbocycles. The predicted octanol–water partition coefficient (Wildman–Crippen LogP) is 3.41. The third kappa shape index (κ3) is 4.20. The van der Waals surface area contributed by atoms with Gasteiger partial charge in [0.15, 0.2) is 0 Å². The van der Waals surface area contributed by atoms with E-state index in [-0.39, 0.29) is 30.1 Å². The smallest absolute Gasteiger partial charge is 0.266 e. The number of carbonyl (C=O) groups is 1. The Hall–Kier alpha value is -3.45. The van der Waals surface area contributed by atoms with Crippen LogP contribution in [0.4, 0.5) is 0 Å². The van der Waals surface area contributed by atoms with Crippen molar-refractivity contribution in [2.45, 2.75) is 19.5 Å². The quantitative estimate of drug-likeness (QED) is 0.528. The van der Waals surface area contributed by atoms with Crippen LogP contribution in [0.5, 0.6) is 0 Å². The minimum atomic E-state index is -0.291. The second-order valence-electron chi connectivity index (χ2n) is 6.47. The van der Waals surface area contributed by atoms with Crippen LogP contribution in [0.2, 0.25) is 5.02 Å². The zero-order valence-corrected chi connectivity index (χ0v) is 16.1. The Bertz CT molecular complexity index is 1200. The van der Waals surface area contributed by atoms with Gasteiger partial charge in [-0.1, -0.05) is 59.2 Å². The zero-order valence-electron chi connectivity index (χ0n) is 15.3. The van der Waals surface area contributed by atoms with Crippen LogP contribution in [-0.2, 0) is 17.9 Å². The number of amides is 1. The van der Waals surface area contributed by atoms with Gasteiger partial charge < -0.3 is 9.84 Å². The van der Waals surface area contributed by atoms with Gasteiger partial charge in [0, 0.05) is 30.1 Å². The molecule has 0 aliphatic heterocycles. The number of hydrogen-bond acceptors (Lipinski definition) is 5. The summed E-state index contributed by atoms with van der Waals surface area (Å²) in [6.07, 6.45) is 1.52. The Kier molecular flexibility index (Phi) is 5.39. The number of carbonyl (C=O) groups excluding carboxylic acids is 1. The van der Waals surface area contributed by atoms with E-state index in [0.717, 1.165) is 11.1 Å². The van der Waals surface area contributed by atoms with E-state index in [1.165, 1.54) is 10.9 Å². The first-order valence-corrected chi connectivity index (χ1v) is 9.41. The molecule has 4 aromatic rings. The van der Waals surface area contributed by atoms with Gasteiger partial charge >= 0.3 is 0 Å². The molecule has 2 heterocycles. The van der Waals surface area contributed by atoms with Crippen molar-refractivity contribution in [3.63, 3.8) is 0 Å². The van der Waals surface area contributed by atoms with E-state index in [4.69, 9.17) is 16.1 Å². The molecule has 4 rings (SSSR count).